The number of sulfonamides is 1. The molecule has 8 heteroatoms. The van der Waals surface area contributed by atoms with Crippen LogP contribution in [-0.2, 0) is 14.8 Å². The minimum atomic E-state index is -3.83. The molecule has 1 aromatic carbocycles. The van der Waals surface area contributed by atoms with Crippen LogP contribution in [-0.4, -0.2) is 34.0 Å². The van der Waals surface area contributed by atoms with E-state index in [4.69, 9.17) is 9.88 Å². The van der Waals surface area contributed by atoms with Crippen LogP contribution in [0, 0.1) is 0 Å². The highest BCUT2D eigenvalue weighted by atomic mass is 32.2. The molecule has 0 radical (unpaired) electrons. The summed E-state index contributed by atoms with van der Waals surface area (Å²) in [5.41, 5.74) is 0.293. The summed E-state index contributed by atoms with van der Waals surface area (Å²) in [5.74, 6) is 0.172. The largest absolute Gasteiger partial charge is 0.495 e. The number of hydrogen-bond donors (Lipinski definition) is 3. The second-order valence-electron chi connectivity index (χ2n) is 4.90. The second kappa shape index (κ2) is 6.42. The fourth-order valence-electron chi connectivity index (χ4n) is 2.26. The number of anilines is 1. The maximum atomic E-state index is 12.2. The van der Waals surface area contributed by atoms with Crippen LogP contribution >= 0.6 is 0 Å². The molecule has 1 aliphatic heterocycles. The van der Waals surface area contributed by atoms with Crippen molar-refractivity contribution in [1.29, 1.82) is 0 Å². The first-order valence-electron chi connectivity index (χ1n) is 6.67. The predicted molar refractivity (Wildman–Crippen MR) is 78.6 cm³/mol. The van der Waals surface area contributed by atoms with Crippen molar-refractivity contribution >= 4 is 21.6 Å². The molecule has 21 heavy (non-hydrogen) atoms. The highest BCUT2D eigenvalue weighted by Gasteiger charge is 2.22. The number of amides is 1. The summed E-state index contributed by atoms with van der Waals surface area (Å²) >= 11 is 0. The van der Waals surface area contributed by atoms with Crippen LogP contribution < -0.4 is 20.5 Å². The Hall–Kier alpha value is -1.64. The number of ether oxygens (including phenoxy) is 1. The molecule has 2 rings (SSSR count). The average molecular weight is 313 g/mol. The fourth-order valence-corrected chi connectivity index (χ4v) is 2.80. The summed E-state index contributed by atoms with van der Waals surface area (Å²) in [4.78, 5) is 12.1. The molecule has 1 aliphatic rings. The topological polar surface area (TPSA) is 111 Å². The molecule has 1 heterocycles. The smallest absolute Gasteiger partial charge is 0.241 e. The Labute approximate surface area is 123 Å². The van der Waals surface area contributed by atoms with Crippen LogP contribution in [0.5, 0.6) is 5.75 Å². The van der Waals surface area contributed by atoms with Gasteiger partial charge < -0.3 is 15.4 Å². The number of carbonyl (C=O) groups is 1. The molecule has 1 saturated heterocycles. The fraction of sp³-hybridized carbons (Fsp3) is 0.462. The Kier molecular flexibility index (Phi) is 4.81. The van der Waals surface area contributed by atoms with E-state index in [0.717, 1.165) is 25.8 Å². The third-order valence-corrected chi connectivity index (χ3v) is 4.30. The first-order chi connectivity index (χ1) is 9.91. The number of hydrogen-bond acceptors (Lipinski definition) is 5. The van der Waals surface area contributed by atoms with Gasteiger partial charge in [0.1, 0.15) is 5.75 Å². The van der Waals surface area contributed by atoms with Crippen LogP contribution in [0.1, 0.15) is 19.3 Å². The lowest BCUT2D eigenvalue weighted by Gasteiger charge is -2.23. The molecule has 7 nitrogen and oxygen atoms in total. The minimum absolute atomic E-state index is 0.0739. The second-order valence-corrected chi connectivity index (χ2v) is 6.46. The number of benzene rings is 1. The van der Waals surface area contributed by atoms with E-state index in [9.17, 15) is 13.2 Å². The molecule has 1 aromatic rings. The molecule has 0 spiro atoms. The van der Waals surface area contributed by atoms with Crippen molar-refractivity contribution in [3.05, 3.63) is 18.2 Å². The van der Waals surface area contributed by atoms with Crippen LogP contribution in [0.25, 0.3) is 0 Å². The summed E-state index contributed by atoms with van der Waals surface area (Å²) < 4.78 is 27.9. The summed E-state index contributed by atoms with van der Waals surface area (Å²) in [6.45, 7) is 0.798. The van der Waals surface area contributed by atoms with Crippen molar-refractivity contribution in [2.24, 2.45) is 5.14 Å². The number of rotatable bonds is 4. The van der Waals surface area contributed by atoms with Gasteiger partial charge in [-0.25, -0.2) is 13.6 Å². The first kappa shape index (κ1) is 15.7. The van der Waals surface area contributed by atoms with Gasteiger partial charge in [0.15, 0.2) is 0 Å². The number of methoxy groups -OCH3 is 1. The number of carbonyl (C=O) groups excluding carboxylic acids is 1. The van der Waals surface area contributed by atoms with E-state index in [1.54, 1.807) is 0 Å². The quantitative estimate of drug-likeness (QED) is 0.746. The van der Waals surface area contributed by atoms with Gasteiger partial charge in [0.25, 0.3) is 0 Å². The van der Waals surface area contributed by atoms with Crippen molar-refractivity contribution < 1.29 is 17.9 Å². The lowest BCUT2D eigenvalue weighted by molar-refractivity contribution is -0.118. The Morgan fingerprint density at radius 1 is 1.43 bits per heavy atom. The van der Waals surface area contributed by atoms with E-state index >= 15 is 0 Å². The van der Waals surface area contributed by atoms with Gasteiger partial charge in [-0.05, 0) is 37.6 Å². The van der Waals surface area contributed by atoms with E-state index in [-0.39, 0.29) is 16.8 Å². The normalized spacial score (nSPS) is 19.0. The van der Waals surface area contributed by atoms with Gasteiger partial charge in [0.2, 0.25) is 15.9 Å². The molecule has 4 N–H and O–H groups in total. The molecule has 1 fully saturated rings. The molecule has 0 aromatic heterocycles. The van der Waals surface area contributed by atoms with Gasteiger partial charge in [-0.1, -0.05) is 6.42 Å². The van der Waals surface area contributed by atoms with Gasteiger partial charge in [-0.3, -0.25) is 4.79 Å². The van der Waals surface area contributed by atoms with Crippen molar-refractivity contribution in [2.45, 2.75) is 30.2 Å². The van der Waals surface area contributed by atoms with Crippen molar-refractivity contribution in [1.82, 2.24) is 5.32 Å². The maximum Gasteiger partial charge on any atom is 0.241 e. The lowest BCUT2D eigenvalue weighted by Crippen LogP contribution is -2.43. The molecule has 0 aliphatic carbocycles. The van der Waals surface area contributed by atoms with Crippen LogP contribution in [0.2, 0.25) is 0 Å². The van der Waals surface area contributed by atoms with Gasteiger partial charge >= 0.3 is 0 Å². The zero-order valence-corrected chi connectivity index (χ0v) is 12.6. The van der Waals surface area contributed by atoms with Crippen molar-refractivity contribution in [3.8, 4) is 5.75 Å². The van der Waals surface area contributed by atoms with Gasteiger partial charge in [-0.15, -0.1) is 0 Å². The monoisotopic (exact) mass is 313 g/mol. The summed E-state index contributed by atoms with van der Waals surface area (Å²) in [7, 11) is -2.39. The highest BCUT2D eigenvalue weighted by Crippen LogP contribution is 2.27. The third kappa shape index (κ3) is 3.93. The number of primary sulfonamides is 1. The Balaban J connectivity index is 2.22. The lowest BCUT2D eigenvalue weighted by atomic mass is 10.0. The molecule has 0 bridgehead atoms. The molecular formula is C13H19N3O4S. The van der Waals surface area contributed by atoms with E-state index < -0.39 is 10.0 Å². The first-order valence-corrected chi connectivity index (χ1v) is 8.21. The summed E-state index contributed by atoms with van der Waals surface area (Å²) in [6, 6.07) is 3.82. The van der Waals surface area contributed by atoms with Crippen molar-refractivity contribution in [3.63, 3.8) is 0 Å². The molecular weight excluding hydrogens is 294 g/mol. The van der Waals surface area contributed by atoms with E-state index in [0.29, 0.717) is 11.4 Å². The van der Waals surface area contributed by atoms with Crippen LogP contribution in [0.3, 0.4) is 0 Å². The van der Waals surface area contributed by atoms with E-state index in [2.05, 4.69) is 10.6 Å². The highest BCUT2D eigenvalue weighted by molar-refractivity contribution is 7.89. The van der Waals surface area contributed by atoms with Crippen molar-refractivity contribution in [2.75, 3.05) is 19.0 Å². The van der Waals surface area contributed by atoms with E-state index in [1.165, 1.54) is 25.3 Å². The number of piperidine rings is 1. The number of nitrogens with one attached hydrogen (secondary N) is 2. The van der Waals surface area contributed by atoms with Gasteiger partial charge in [0, 0.05) is 0 Å². The Bertz CT molecular complexity index is 624. The van der Waals surface area contributed by atoms with Crippen LogP contribution in [0.4, 0.5) is 5.69 Å². The minimum Gasteiger partial charge on any atom is -0.495 e. The third-order valence-electron chi connectivity index (χ3n) is 3.38. The molecule has 1 amide bonds. The van der Waals surface area contributed by atoms with Crippen LogP contribution in [0.15, 0.2) is 23.1 Å². The van der Waals surface area contributed by atoms with Gasteiger partial charge in [-0.2, -0.15) is 0 Å². The molecule has 116 valence electrons. The molecule has 1 atom stereocenters. The predicted octanol–water partition coefficient (Wildman–Crippen LogP) is 0.423. The zero-order valence-electron chi connectivity index (χ0n) is 11.8. The number of nitrogens with two attached hydrogens (primary N) is 1. The molecule has 0 unspecified atom stereocenters. The maximum absolute atomic E-state index is 12.2. The zero-order chi connectivity index (χ0) is 15.5. The SMILES string of the molecule is COc1ccc(S(N)(=O)=O)cc1NC(=O)[C@@H]1CCCCN1. The Morgan fingerprint density at radius 2 is 2.19 bits per heavy atom. The summed E-state index contributed by atoms with van der Waals surface area (Å²) in [6.07, 6.45) is 2.79. The molecule has 0 saturated carbocycles. The van der Waals surface area contributed by atoms with Gasteiger partial charge in [0.05, 0.1) is 23.7 Å². The summed E-state index contributed by atoms with van der Waals surface area (Å²) in [5, 5.41) is 10.9. The average Bonchev–Trinajstić information content (AvgIpc) is 2.47. The van der Waals surface area contributed by atoms with E-state index in [1.807, 2.05) is 0 Å². The standard InChI is InChI=1S/C13H19N3O4S/c1-20-12-6-5-9(21(14,18)19)8-11(12)16-13(17)10-4-2-3-7-15-10/h5-6,8,10,15H,2-4,7H2,1H3,(H,16,17)(H2,14,18,19)/t10-/m0/s1. The Morgan fingerprint density at radius 3 is 2.76 bits per heavy atom.